The second-order valence-corrected chi connectivity index (χ2v) is 9.37. The second-order valence-electron chi connectivity index (χ2n) is 7.72. The first-order valence-corrected chi connectivity index (χ1v) is 12.0. The summed E-state index contributed by atoms with van der Waals surface area (Å²) < 4.78 is 37.0. The summed E-state index contributed by atoms with van der Waals surface area (Å²) in [5.41, 5.74) is 2.44. The zero-order valence-electron chi connectivity index (χ0n) is 19.2. The summed E-state index contributed by atoms with van der Waals surface area (Å²) in [6.45, 7) is 4.92. The van der Waals surface area contributed by atoms with Crippen molar-refractivity contribution in [2.45, 2.75) is 39.3 Å². The van der Waals surface area contributed by atoms with Gasteiger partial charge in [-0.05, 0) is 50.1 Å². The summed E-state index contributed by atoms with van der Waals surface area (Å²) in [5, 5.41) is 3.70. The van der Waals surface area contributed by atoms with Crippen LogP contribution in [0.15, 0.2) is 53.9 Å². The Morgan fingerprint density at radius 3 is 2.24 bits per heavy atom. The maximum absolute atomic E-state index is 12.5. The number of hydrogen-bond acceptors (Lipinski definition) is 6. The van der Waals surface area contributed by atoms with Gasteiger partial charge in [0.15, 0.2) is 0 Å². The molecule has 1 amide bonds. The van der Waals surface area contributed by atoms with Crippen molar-refractivity contribution in [1.29, 1.82) is 0 Å². The van der Waals surface area contributed by atoms with E-state index in [0.29, 0.717) is 11.3 Å². The van der Waals surface area contributed by atoms with Crippen LogP contribution in [0.2, 0.25) is 0 Å². The van der Waals surface area contributed by atoms with Gasteiger partial charge in [0.1, 0.15) is 5.75 Å². The molecule has 2 N–H and O–H groups in total. The van der Waals surface area contributed by atoms with Crippen molar-refractivity contribution in [1.82, 2.24) is 10.0 Å². The molecule has 0 saturated heterocycles. The van der Waals surface area contributed by atoms with E-state index in [2.05, 4.69) is 10.0 Å². The number of carbonyl (C=O) groups excluding carboxylic acids is 2. The van der Waals surface area contributed by atoms with Gasteiger partial charge in [0, 0.05) is 5.41 Å². The number of carbonyl (C=O) groups is 2. The summed E-state index contributed by atoms with van der Waals surface area (Å²) in [5.74, 6) is -0.435. The molecular formula is C24H30N2O6S. The van der Waals surface area contributed by atoms with Gasteiger partial charge in [0.05, 0.1) is 32.2 Å². The van der Waals surface area contributed by atoms with E-state index in [0.717, 1.165) is 16.5 Å². The summed E-state index contributed by atoms with van der Waals surface area (Å²) in [6, 6.07) is 13.5. The van der Waals surface area contributed by atoms with Gasteiger partial charge in [-0.1, -0.05) is 42.0 Å². The lowest BCUT2D eigenvalue weighted by atomic mass is 10.0. The summed E-state index contributed by atoms with van der Waals surface area (Å²) in [4.78, 5) is 24.7. The van der Waals surface area contributed by atoms with Gasteiger partial charge in [-0.25, -0.2) is 13.1 Å². The molecule has 0 aliphatic heterocycles. The standard InChI is InChI=1S/C24H30N2O6S/c1-17(2)32-24(28)15-22(20-9-11-21(31-4)12-10-20)26-23(27)16-25-33(29,30)14-13-19-7-5-18(3)6-8-19/h5-14,17,22,25H,15-16H2,1-4H3,(H,26,27)/b14-13+. The Morgan fingerprint density at radius 1 is 1.03 bits per heavy atom. The second kappa shape index (κ2) is 12.2. The van der Waals surface area contributed by atoms with E-state index < -0.39 is 34.5 Å². The molecule has 0 aromatic heterocycles. The lowest BCUT2D eigenvalue weighted by Crippen LogP contribution is -2.39. The van der Waals surface area contributed by atoms with Crippen molar-refractivity contribution in [3.8, 4) is 5.75 Å². The molecule has 8 nitrogen and oxygen atoms in total. The molecule has 178 valence electrons. The first-order valence-electron chi connectivity index (χ1n) is 10.4. The van der Waals surface area contributed by atoms with Crippen LogP contribution in [0.5, 0.6) is 5.75 Å². The molecule has 0 heterocycles. The van der Waals surface area contributed by atoms with Crippen molar-refractivity contribution < 1.29 is 27.5 Å². The minimum absolute atomic E-state index is 0.101. The summed E-state index contributed by atoms with van der Waals surface area (Å²) in [7, 11) is -2.30. The number of methoxy groups -OCH3 is 1. The number of amides is 1. The number of esters is 1. The number of aryl methyl sites for hydroxylation is 1. The highest BCUT2D eigenvalue weighted by atomic mass is 32.2. The maximum atomic E-state index is 12.5. The van der Waals surface area contributed by atoms with Crippen LogP contribution in [0.1, 0.15) is 43.0 Å². The number of sulfonamides is 1. The highest BCUT2D eigenvalue weighted by molar-refractivity contribution is 7.92. The average molecular weight is 475 g/mol. The number of nitrogens with one attached hydrogen (secondary N) is 2. The Morgan fingerprint density at radius 2 is 1.67 bits per heavy atom. The van der Waals surface area contributed by atoms with Crippen molar-refractivity contribution in [2.24, 2.45) is 0 Å². The Labute approximate surface area is 195 Å². The van der Waals surface area contributed by atoms with Gasteiger partial charge in [-0.2, -0.15) is 0 Å². The van der Waals surface area contributed by atoms with E-state index in [1.54, 1.807) is 50.2 Å². The monoisotopic (exact) mass is 474 g/mol. The van der Waals surface area contributed by atoms with Gasteiger partial charge < -0.3 is 14.8 Å². The highest BCUT2D eigenvalue weighted by Crippen LogP contribution is 2.21. The molecule has 2 aromatic rings. The van der Waals surface area contributed by atoms with Gasteiger partial charge in [-0.3, -0.25) is 9.59 Å². The molecule has 2 rings (SSSR count). The van der Waals surface area contributed by atoms with E-state index in [-0.39, 0.29) is 12.5 Å². The Kier molecular flexibility index (Phi) is 9.62. The third-order valence-corrected chi connectivity index (χ3v) is 5.58. The largest absolute Gasteiger partial charge is 0.497 e. The number of rotatable bonds is 11. The lowest BCUT2D eigenvalue weighted by Gasteiger charge is -2.20. The van der Waals surface area contributed by atoms with E-state index in [1.165, 1.54) is 13.2 Å². The van der Waals surface area contributed by atoms with Crippen LogP contribution in [0.25, 0.3) is 6.08 Å². The molecule has 2 aromatic carbocycles. The molecule has 1 atom stereocenters. The molecule has 33 heavy (non-hydrogen) atoms. The lowest BCUT2D eigenvalue weighted by molar-refractivity contribution is -0.148. The summed E-state index contributed by atoms with van der Waals surface area (Å²) >= 11 is 0. The Balaban J connectivity index is 2.02. The molecule has 0 spiro atoms. The van der Waals surface area contributed by atoms with Crippen LogP contribution < -0.4 is 14.8 Å². The zero-order valence-corrected chi connectivity index (χ0v) is 20.0. The molecule has 0 aliphatic rings. The predicted molar refractivity (Wildman–Crippen MR) is 127 cm³/mol. The molecule has 0 saturated carbocycles. The van der Waals surface area contributed by atoms with Crippen LogP contribution in [0.3, 0.4) is 0 Å². The first kappa shape index (κ1) is 26.1. The van der Waals surface area contributed by atoms with Crippen molar-refractivity contribution >= 4 is 28.0 Å². The van der Waals surface area contributed by atoms with Crippen molar-refractivity contribution in [3.05, 3.63) is 70.6 Å². The SMILES string of the molecule is COc1ccc(C(CC(=O)OC(C)C)NC(=O)CNS(=O)(=O)/C=C/c2ccc(C)cc2)cc1. The van der Waals surface area contributed by atoms with E-state index >= 15 is 0 Å². The van der Waals surface area contributed by atoms with Gasteiger partial charge in [0.2, 0.25) is 15.9 Å². The van der Waals surface area contributed by atoms with Crippen LogP contribution in [0.4, 0.5) is 0 Å². The van der Waals surface area contributed by atoms with E-state index in [9.17, 15) is 18.0 Å². The molecule has 1 unspecified atom stereocenters. The zero-order chi connectivity index (χ0) is 24.4. The van der Waals surface area contributed by atoms with Crippen LogP contribution in [-0.4, -0.2) is 40.1 Å². The Hall–Kier alpha value is -3.17. The highest BCUT2D eigenvalue weighted by Gasteiger charge is 2.21. The van der Waals surface area contributed by atoms with Gasteiger partial charge in [0.25, 0.3) is 0 Å². The quantitative estimate of drug-likeness (QED) is 0.484. The van der Waals surface area contributed by atoms with Crippen LogP contribution in [-0.2, 0) is 24.3 Å². The van der Waals surface area contributed by atoms with Crippen LogP contribution in [0, 0.1) is 6.92 Å². The number of hydrogen-bond donors (Lipinski definition) is 2. The Bertz CT molecular complexity index is 1060. The van der Waals surface area contributed by atoms with E-state index in [4.69, 9.17) is 9.47 Å². The van der Waals surface area contributed by atoms with Crippen LogP contribution >= 0.6 is 0 Å². The van der Waals surface area contributed by atoms with Gasteiger partial charge >= 0.3 is 5.97 Å². The minimum atomic E-state index is -3.83. The fourth-order valence-electron chi connectivity index (χ4n) is 2.87. The average Bonchev–Trinajstić information content (AvgIpc) is 2.76. The molecular weight excluding hydrogens is 444 g/mol. The molecule has 9 heteroatoms. The smallest absolute Gasteiger partial charge is 0.308 e. The van der Waals surface area contributed by atoms with Crippen molar-refractivity contribution in [3.63, 3.8) is 0 Å². The summed E-state index contributed by atoms with van der Waals surface area (Å²) in [6.07, 6.45) is 1.05. The third-order valence-electron chi connectivity index (χ3n) is 4.54. The normalized spacial score (nSPS) is 12.5. The minimum Gasteiger partial charge on any atom is -0.497 e. The molecule has 0 bridgehead atoms. The molecule has 0 radical (unpaired) electrons. The van der Waals surface area contributed by atoms with Gasteiger partial charge in [-0.15, -0.1) is 0 Å². The molecule has 0 fully saturated rings. The van der Waals surface area contributed by atoms with Crippen molar-refractivity contribution in [2.75, 3.05) is 13.7 Å². The predicted octanol–water partition coefficient (Wildman–Crippen LogP) is 3.09. The topological polar surface area (TPSA) is 111 Å². The maximum Gasteiger partial charge on any atom is 0.308 e. The first-order chi connectivity index (χ1) is 15.6. The fraction of sp³-hybridized carbons (Fsp3) is 0.333. The third kappa shape index (κ3) is 9.46. The fourth-order valence-corrected chi connectivity index (χ4v) is 3.64. The molecule has 0 aliphatic carbocycles. The number of ether oxygens (including phenoxy) is 2. The van der Waals surface area contributed by atoms with E-state index in [1.807, 2.05) is 19.1 Å². The number of benzene rings is 2.